The summed E-state index contributed by atoms with van der Waals surface area (Å²) in [5.41, 5.74) is 6.23. The van der Waals surface area contributed by atoms with Crippen molar-refractivity contribution in [1.82, 2.24) is 9.78 Å². The Bertz CT molecular complexity index is 911. The Morgan fingerprint density at radius 2 is 1.92 bits per heavy atom. The fourth-order valence-electron chi connectivity index (χ4n) is 3.13. The average Bonchev–Trinajstić information content (AvgIpc) is 2.96. The Kier molecular flexibility index (Phi) is 3.34. The number of benzene rings is 2. The first-order valence-corrected chi connectivity index (χ1v) is 7.91. The summed E-state index contributed by atoms with van der Waals surface area (Å²) in [6.07, 6.45) is -0.0741. The second-order valence-corrected chi connectivity index (χ2v) is 6.01. The van der Waals surface area contributed by atoms with Crippen LogP contribution in [0.15, 0.2) is 54.6 Å². The maximum absolute atomic E-state index is 11.2. The minimum absolute atomic E-state index is 0.0718. The predicted octanol–water partition coefficient (Wildman–Crippen LogP) is 3.79. The quantitative estimate of drug-likeness (QED) is 0.756. The molecule has 4 rings (SSSR count). The monoisotopic (exact) mass is 318 g/mol. The van der Waals surface area contributed by atoms with E-state index < -0.39 is 0 Å². The molecule has 120 valence electrons. The van der Waals surface area contributed by atoms with Crippen LogP contribution in [0.1, 0.15) is 24.3 Å². The maximum atomic E-state index is 11.2. The van der Waals surface area contributed by atoms with Crippen molar-refractivity contribution in [3.63, 3.8) is 0 Å². The highest BCUT2D eigenvalue weighted by atomic mass is 16.1. The fourth-order valence-corrected chi connectivity index (χ4v) is 3.13. The Balaban J connectivity index is 1.75. The Hall–Kier alpha value is -3.08. The normalized spacial score (nSPS) is 15.2. The van der Waals surface area contributed by atoms with Crippen molar-refractivity contribution < 1.29 is 4.79 Å². The van der Waals surface area contributed by atoms with E-state index in [9.17, 15) is 4.79 Å². The molecule has 0 unspecified atom stereocenters. The number of aromatic nitrogens is 2. The predicted molar refractivity (Wildman–Crippen MR) is 94.9 cm³/mol. The van der Waals surface area contributed by atoms with Crippen LogP contribution in [0.25, 0.3) is 11.3 Å². The molecule has 24 heavy (non-hydrogen) atoms. The number of rotatable bonds is 2. The highest BCUT2D eigenvalue weighted by molar-refractivity contribution is 5.88. The molecule has 0 saturated heterocycles. The van der Waals surface area contributed by atoms with Crippen LogP contribution < -0.4 is 10.6 Å². The first kappa shape index (κ1) is 14.5. The molecule has 2 N–H and O–H groups in total. The Morgan fingerprint density at radius 3 is 2.67 bits per heavy atom. The van der Waals surface area contributed by atoms with Crippen LogP contribution in [0.2, 0.25) is 0 Å². The molecule has 0 aliphatic carbocycles. The lowest BCUT2D eigenvalue weighted by molar-refractivity contribution is -0.114. The van der Waals surface area contributed by atoms with Crippen molar-refractivity contribution in [3.05, 3.63) is 65.9 Å². The molecule has 3 aromatic rings. The third kappa shape index (κ3) is 2.44. The third-order valence-corrected chi connectivity index (χ3v) is 4.14. The molecule has 0 spiro atoms. The van der Waals surface area contributed by atoms with Crippen LogP contribution in [0, 0.1) is 6.92 Å². The van der Waals surface area contributed by atoms with Gasteiger partial charge in [0.2, 0.25) is 5.91 Å². The number of para-hydroxylation sites is 1. The van der Waals surface area contributed by atoms with Gasteiger partial charge in [0, 0.05) is 23.9 Å². The summed E-state index contributed by atoms with van der Waals surface area (Å²) in [5.74, 6) is -0.0718. The van der Waals surface area contributed by atoms with E-state index in [4.69, 9.17) is 0 Å². The first-order chi connectivity index (χ1) is 11.6. The molecule has 2 aromatic carbocycles. The van der Waals surface area contributed by atoms with Crippen LogP contribution in [0.3, 0.4) is 0 Å². The molecule has 5 nitrogen and oxygen atoms in total. The number of carbonyl (C=O) groups is 1. The molecule has 5 heteroatoms. The average molecular weight is 318 g/mol. The van der Waals surface area contributed by atoms with Gasteiger partial charge in [0.15, 0.2) is 0 Å². The molecular weight excluding hydrogens is 300 g/mol. The van der Waals surface area contributed by atoms with Crippen LogP contribution in [-0.2, 0) is 4.79 Å². The first-order valence-electron chi connectivity index (χ1n) is 7.91. The van der Waals surface area contributed by atoms with Gasteiger partial charge in [-0.15, -0.1) is 0 Å². The van der Waals surface area contributed by atoms with Crippen molar-refractivity contribution >= 4 is 17.3 Å². The van der Waals surface area contributed by atoms with E-state index in [2.05, 4.69) is 33.9 Å². The van der Waals surface area contributed by atoms with Gasteiger partial charge in [-0.2, -0.15) is 5.10 Å². The summed E-state index contributed by atoms with van der Waals surface area (Å²) in [6.45, 7) is 3.51. The van der Waals surface area contributed by atoms with E-state index in [1.807, 2.05) is 48.0 Å². The Labute approximate surface area is 140 Å². The zero-order valence-corrected chi connectivity index (χ0v) is 13.6. The van der Waals surface area contributed by atoms with Crippen molar-refractivity contribution in [2.24, 2.45) is 0 Å². The van der Waals surface area contributed by atoms with Gasteiger partial charge in [0.1, 0.15) is 6.17 Å². The third-order valence-electron chi connectivity index (χ3n) is 4.14. The van der Waals surface area contributed by atoms with Gasteiger partial charge in [-0.3, -0.25) is 4.79 Å². The number of hydrogen-bond donors (Lipinski definition) is 2. The molecule has 2 heterocycles. The SMILES string of the molecule is CC(=O)Nc1ccc([C@H]2Nc3ccccc3-c3cc(C)nn32)cc1. The molecule has 0 saturated carbocycles. The van der Waals surface area contributed by atoms with Crippen molar-refractivity contribution in [1.29, 1.82) is 0 Å². The van der Waals surface area contributed by atoms with Crippen LogP contribution in [0.5, 0.6) is 0 Å². The number of nitrogens with zero attached hydrogens (tertiary/aromatic N) is 2. The lowest BCUT2D eigenvalue weighted by atomic mass is 10.0. The van der Waals surface area contributed by atoms with Crippen molar-refractivity contribution in [2.75, 3.05) is 10.6 Å². The molecule has 1 atom stereocenters. The second kappa shape index (κ2) is 5.53. The molecule has 1 aromatic heterocycles. The zero-order chi connectivity index (χ0) is 16.7. The largest absolute Gasteiger partial charge is 0.359 e. The van der Waals surface area contributed by atoms with Crippen molar-refractivity contribution in [2.45, 2.75) is 20.0 Å². The van der Waals surface area contributed by atoms with E-state index in [1.165, 1.54) is 6.92 Å². The molecule has 0 bridgehead atoms. The smallest absolute Gasteiger partial charge is 0.221 e. The van der Waals surface area contributed by atoms with Crippen molar-refractivity contribution in [3.8, 4) is 11.3 Å². The number of anilines is 2. The lowest BCUT2D eigenvalue weighted by Gasteiger charge is -2.29. The van der Waals surface area contributed by atoms with E-state index >= 15 is 0 Å². The standard InChI is InChI=1S/C19H18N4O/c1-12-11-18-16-5-3-4-6-17(16)21-19(23(18)22-12)14-7-9-15(10-8-14)20-13(2)24/h3-11,19,21H,1-2H3,(H,20,24)/t19-/m0/s1. The topological polar surface area (TPSA) is 59.0 Å². The fraction of sp³-hybridized carbons (Fsp3) is 0.158. The van der Waals surface area contributed by atoms with Gasteiger partial charge in [-0.05, 0) is 36.8 Å². The molecular formula is C19H18N4O. The number of aryl methyl sites for hydroxylation is 1. The summed E-state index contributed by atoms with van der Waals surface area (Å²) in [5, 5.41) is 11.0. The van der Waals surface area contributed by atoms with Crippen LogP contribution >= 0.6 is 0 Å². The van der Waals surface area contributed by atoms with Crippen LogP contribution in [-0.4, -0.2) is 15.7 Å². The number of carbonyl (C=O) groups excluding carboxylic acids is 1. The molecule has 1 aliphatic rings. The highest BCUT2D eigenvalue weighted by Crippen LogP contribution is 2.38. The summed E-state index contributed by atoms with van der Waals surface area (Å²) >= 11 is 0. The lowest BCUT2D eigenvalue weighted by Crippen LogP contribution is -2.25. The molecule has 1 aliphatic heterocycles. The molecule has 0 fully saturated rings. The minimum atomic E-state index is -0.0741. The number of amides is 1. The van der Waals surface area contributed by atoms with E-state index in [0.717, 1.165) is 33.9 Å². The van der Waals surface area contributed by atoms with Crippen LogP contribution in [0.4, 0.5) is 11.4 Å². The van der Waals surface area contributed by atoms with Gasteiger partial charge < -0.3 is 10.6 Å². The number of hydrogen-bond acceptors (Lipinski definition) is 3. The van der Waals surface area contributed by atoms with Gasteiger partial charge in [-0.1, -0.05) is 30.3 Å². The van der Waals surface area contributed by atoms with Gasteiger partial charge in [0.25, 0.3) is 0 Å². The van der Waals surface area contributed by atoms with E-state index in [0.29, 0.717) is 0 Å². The second-order valence-electron chi connectivity index (χ2n) is 6.01. The Morgan fingerprint density at radius 1 is 1.17 bits per heavy atom. The minimum Gasteiger partial charge on any atom is -0.359 e. The molecule has 1 amide bonds. The maximum Gasteiger partial charge on any atom is 0.221 e. The highest BCUT2D eigenvalue weighted by Gasteiger charge is 2.25. The summed E-state index contributed by atoms with van der Waals surface area (Å²) < 4.78 is 2.02. The molecule has 0 radical (unpaired) electrons. The summed E-state index contributed by atoms with van der Waals surface area (Å²) in [7, 11) is 0. The van der Waals surface area contributed by atoms with Gasteiger partial charge in [0.05, 0.1) is 11.4 Å². The van der Waals surface area contributed by atoms with E-state index in [-0.39, 0.29) is 12.1 Å². The van der Waals surface area contributed by atoms with Gasteiger partial charge >= 0.3 is 0 Å². The summed E-state index contributed by atoms with van der Waals surface area (Å²) in [6, 6.07) is 18.2. The number of nitrogens with one attached hydrogen (secondary N) is 2. The van der Waals surface area contributed by atoms with E-state index in [1.54, 1.807) is 0 Å². The number of fused-ring (bicyclic) bond motifs is 3. The van der Waals surface area contributed by atoms with Gasteiger partial charge in [-0.25, -0.2) is 4.68 Å². The zero-order valence-electron chi connectivity index (χ0n) is 13.6. The summed E-state index contributed by atoms with van der Waals surface area (Å²) in [4.78, 5) is 11.2.